The van der Waals surface area contributed by atoms with Gasteiger partial charge in [0.2, 0.25) is 11.7 Å². The highest BCUT2D eigenvalue weighted by molar-refractivity contribution is 7.99. The van der Waals surface area contributed by atoms with Crippen molar-refractivity contribution in [2.75, 3.05) is 12.9 Å². The Kier molecular flexibility index (Phi) is 7.45. The summed E-state index contributed by atoms with van der Waals surface area (Å²) in [5.74, 6) is 1.67. The van der Waals surface area contributed by atoms with Crippen molar-refractivity contribution in [3.63, 3.8) is 0 Å². The van der Waals surface area contributed by atoms with E-state index in [1.807, 2.05) is 54.6 Å². The van der Waals surface area contributed by atoms with Gasteiger partial charge < -0.3 is 10.1 Å². The number of hydrogen-bond donors (Lipinski definition) is 1. The number of aromatic nitrogens is 4. The molecule has 1 atom stereocenters. The number of aryl methyl sites for hydroxylation is 1. The van der Waals surface area contributed by atoms with Gasteiger partial charge in [-0.05, 0) is 62.4 Å². The Morgan fingerprint density at radius 2 is 1.89 bits per heavy atom. The number of carbonyl (C=O) groups is 1. The molecule has 2 heterocycles. The maximum Gasteiger partial charge on any atom is 0.267 e. The zero-order valence-electron chi connectivity index (χ0n) is 20.7. The zero-order valence-corrected chi connectivity index (χ0v) is 21.6. The number of amides is 1. The molecule has 9 heteroatoms. The predicted octanol–water partition coefficient (Wildman–Crippen LogP) is 4.38. The fourth-order valence-corrected chi connectivity index (χ4v) is 4.82. The summed E-state index contributed by atoms with van der Waals surface area (Å²) in [6.45, 7) is 8.34. The molecule has 184 valence electrons. The maximum absolute atomic E-state index is 13.6. The van der Waals surface area contributed by atoms with Gasteiger partial charge in [-0.2, -0.15) is 0 Å². The third-order valence-corrected chi connectivity index (χ3v) is 6.82. The molecule has 0 aliphatic rings. The van der Waals surface area contributed by atoms with Crippen molar-refractivity contribution >= 4 is 34.3 Å². The van der Waals surface area contributed by atoms with Crippen LogP contribution < -0.4 is 15.6 Å². The summed E-state index contributed by atoms with van der Waals surface area (Å²) in [6, 6.07) is 13.1. The molecule has 0 saturated heterocycles. The van der Waals surface area contributed by atoms with Crippen LogP contribution >= 0.6 is 11.8 Å². The number of thioether (sulfide) groups is 1. The Bertz CT molecular complexity index is 1430. The van der Waals surface area contributed by atoms with Gasteiger partial charge in [0.05, 0.1) is 29.5 Å². The summed E-state index contributed by atoms with van der Waals surface area (Å²) >= 11 is 1.30. The Morgan fingerprint density at radius 3 is 2.63 bits per heavy atom. The molecular formula is C26H31N5O3S. The summed E-state index contributed by atoms with van der Waals surface area (Å²) in [7, 11) is 1.57. The molecule has 1 unspecified atom stereocenters. The van der Waals surface area contributed by atoms with Crippen LogP contribution in [0.2, 0.25) is 0 Å². The van der Waals surface area contributed by atoms with E-state index in [-0.39, 0.29) is 23.3 Å². The quantitative estimate of drug-likeness (QED) is 0.348. The number of carbonyl (C=O) groups excluding carboxylic acids is 1. The van der Waals surface area contributed by atoms with Crippen molar-refractivity contribution < 1.29 is 9.53 Å². The molecular weight excluding hydrogens is 462 g/mol. The molecule has 0 aliphatic carbocycles. The molecule has 0 bridgehead atoms. The van der Waals surface area contributed by atoms with E-state index >= 15 is 0 Å². The van der Waals surface area contributed by atoms with Crippen LogP contribution in [0.1, 0.15) is 39.2 Å². The molecule has 2 aromatic carbocycles. The van der Waals surface area contributed by atoms with Gasteiger partial charge in [-0.25, -0.2) is 4.57 Å². The first-order valence-corrected chi connectivity index (χ1v) is 12.7. The van der Waals surface area contributed by atoms with Gasteiger partial charge in [-0.15, -0.1) is 10.2 Å². The van der Waals surface area contributed by atoms with Crippen LogP contribution in [0.3, 0.4) is 0 Å². The first kappa shape index (κ1) is 24.8. The first-order chi connectivity index (χ1) is 16.8. The van der Waals surface area contributed by atoms with Crippen LogP contribution in [0, 0.1) is 12.8 Å². The topological polar surface area (TPSA) is 90.5 Å². The minimum atomic E-state index is -0.210. The van der Waals surface area contributed by atoms with E-state index in [1.54, 1.807) is 13.2 Å². The molecule has 0 saturated carbocycles. The molecule has 0 aliphatic heterocycles. The number of benzene rings is 2. The number of rotatable bonds is 9. The fourth-order valence-electron chi connectivity index (χ4n) is 4.07. The van der Waals surface area contributed by atoms with Crippen molar-refractivity contribution in [2.45, 2.75) is 51.7 Å². The van der Waals surface area contributed by atoms with Crippen molar-refractivity contribution in [1.29, 1.82) is 0 Å². The van der Waals surface area contributed by atoms with Gasteiger partial charge in [-0.1, -0.05) is 43.8 Å². The number of nitrogens with one attached hydrogen (secondary N) is 1. The SMILES string of the molecule is COc1ccc(C)cc1-n1c(=O)c2ccccc2n2c(SCC(=O)NC(C)CCC(C)C)nnc12. The highest BCUT2D eigenvalue weighted by Gasteiger charge is 2.21. The van der Waals surface area contributed by atoms with E-state index in [2.05, 4.69) is 29.4 Å². The summed E-state index contributed by atoms with van der Waals surface area (Å²) in [4.78, 5) is 26.2. The van der Waals surface area contributed by atoms with E-state index in [1.165, 1.54) is 16.3 Å². The zero-order chi connectivity index (χ0) is 25.1. The first-order valence-electron chi connectivity index (χ1n) is 11.8. The third kappa shape index (κ3) is 5.19. The lowest BCUT2D eigenvalue weighted by atomic mass is 10.0. The van der Waals surface area contributed by atoms with E-state index < -0.39 is 0 Å². The predicted molar refractivity (Wildman–Crippen MR) is 140 cm³/mol. The van der Waals surface area contributed by atoms with Gasteiger partial charge in [0.25, 0.3) is 5.56 Å². The largest absolute Gasteiger partial charge is 0.495 e. The molecule has 0 radical (unpaired) electrons. The molecule has 1 amide bonds. The molecule has 4 aromatic rings. The van der Waals surface area contributed by atoms with Crippen molar-refractivity contribution in [3.8, 4) is 11.4 Å². The van der Waals surface area contributed by atoms with Crippen LogP contribution in [0.15, 0.2) is 52.4 Å². The third-order valence-electron chi connectivity index (χ3n) is 5.89. The van der Waals surface area contributed by atoms with Crippen LogP contribution in [0.5, 0.6) is 5.75 Å². The Labute approximate surface area is 208 Å². The van der Waals surface area contributed by atoms with Crippen molar-refractivity contribution in [3.05, 3.63) is 58.4 Å². The highest BCUT2D eigenvalue weighted by Crippen LogP contribution is 2.28. The normalized spacial score (nSPS) is 12.4. The Balaban J connectivity index is 1.74. The smallest absolute Gasteiger partial charge is 0.267 e. The number of para-hydroxylation sites is 1. The molecule has 0 spiro atoms. The van der Waals surface area contributed by atoms with Crippen LogP contribution in [-0.4, -0.2) is 44.0 Å². The van der Waals surface area contributed by atoms with Gasteiger partial charge in [0.15, 0.2) is 5.16 Å². The summed E-state index contributed by atoms with van der Waals surface area (Å²) in [6.07, 6.45) is 2.01. The number of hydrogen-bond acceptors (Lipinski definition) is 6. The standard InChI is InChI=1S/C26H31N5O3S/c1-16(2)10-12-18(4)27-23(32)15-35-26-29-28-25-30(21-14-17(3)11-13-22(21)34-5)24(33)19-8-6-7-9-20(19)31(25)26/h6-9,11,13-14,16,18H,10,12,15H2,1-5H3,(H,27,32). The monoisotopic (exact) mass is 493 g/mol. The van der Waals surface area contributed by atoms with Crippen LogP contribution in [0.4, 0.5) is 0 Å². The second kappa shape index (κ2) is 10.5. The lowest BCUT2D eigenvalue weighted by Crippen LogP contribution is -2.34. The summed E-state index contributed by atoms with van der Waals surface area (Å²) in [5, 5.41) is 12.9. The van der Waals surface area contributed by atoms with E-state index in [0.29, 0.717) is 39.2 Å². The van der Waals surface area contributed by atoms with Gasteiger partial charge >= 0.3 is 0 Å². The lowest BCUT2D eigenvalue weighted by Gasteiger charge is -2.15. The second-order valence-electron chi connectivity index (χ2n) is 9.18. The van der Waals surface area contributed by atoms with E-state index in [0.717, 1.165) is 18.4 Å². The Hall–Kier alpha value is -3.33. The summed E-state index contributed by atoms with van der Waals surface area (Å²) < 4.78 is 8.91. The second-order valence-corrected chi connectivity index (χ2v) is 10.1. The summed E-state index contributed by atoms with van der Waals surface area (Å²) in [5.41, 5.74) is 2.05. The fraction of sp³-hybridized carbons (Fsp3) is 0.385. The van der Waals surface area contributed by atoms with Crippen LogP contribution in [0.25, 0.3) is 22.4 Å². The molecule has 35 heavy (non-hydrogen) atoms. The average molecular weight is 494 g/mol. The number of fused-ring (bicyclic) bond motifs is 3. The molecule has 2 aromatic heterocycles. The Morgan fingerprint density at radius 1 is 1.11 bits per heavy atom. The van der Waals surface area contributed by atoms with Crippen molar-refractivity contribution in [1.82, 2.24) is 24.5 Å². The highest BCUT2D eigenvalue weighted by atomic mass is 32.2. The van der Waals surface area contributed by atoms with Gasteiger partial charge in [0, 0.05) is 6.04 Å². The molecule has 0 fully saturated rings. The minimum Gasteiger partial charge on any atom is -0.495 e. The number of methoxy groups -OCH3 is 1. The molecule has 4 rings (SSSR count). The number of ether oxygens (including phenoxy) is 1. The lowest BCUT2D eigenvalue weighted by molar-refractivity contribution is -0.119. The number of nitrogens with zero attached hydrogens (tertiary/aromatic N) is 4. The van der Waals surface area contributed by atoms with Gasteiger partial charge in [0.1, 0.15) is 5.75 Å². The molecule has 1 N–H and O–H groups in total. The minimum absolute atomic E-state index is 0.0546. The average Bonchev–Trinajstić information content (AvgIpc) is 3.25. The maximum atomic E-state index is 13.6. The van der Waals surface area contributed by atoms with Gasteiger partial charge in [-0.3, -0.25) is 14.0 Å². The van der Waals surface area contributed by atoms with Crippen molar-refractivity contribution in [2.24, 2.45) is 5.92 Å². The van der Waals surface area contributed by atoms with E-state index in [4.69, 9.17) is 4.74 Å². The van der Waals surface area contributed by atoms with E-state index in [9.17, 15) is 9.59 Å². The molecule has 8 nitrogen and oxygen atoms in total. The van der Waals surface area contributed by atoms with Crippen LogP contribution in [-0.2, 0) is 4.79 Å².